The lowest BCUT2D eigenvalue weighted by molar-refractivity contribution is 0.467. The number of hydrogen-bond donors (Lipinski definition) is 1. The predicted octanol–water partition coefficient (Wildman–Crippen LogP) is 5.08. The Kier molecular flexibility index (Phi) is 5.13. The van der Waals surface area contributed by atoms with E-state index in [9.17, 15) is 9.50 Å². The number of piperazine rings is 1. The van der Waals surface area contributed by atoms with Crippen LogP contribution in [-0.2, 0) is 0 Å². The molecule has 2 heterocycles. The van der Waals surface area contributed by atoms with E-state index in [-0.39, 0.29) is 5.82 Å². The van der Waals surface area contributed by atoms with Gasteiger partial charge in [-0.2, -0.15) is 0 Å². The van der Waals surface area contributed by atoms with Gasteiger partial charge in [0.1, 0.15) is 17.4 Å². The predicted molar refractivity (Wildman–Crippen MR) is 127 cm³/mol. The number of nitrogens with zero attached hydrogens (tertiary/aromatic N) is 4. The molecule has 3 aromatic carbocycles. The van der Waals surface area contributed by atoms with E-state index in [1.165, 1.54) is 12.1 Å². The molecule has 1 aliphatic heterocycles. The minimum atomic E-state index is -0.212. The highest BCUT2D eigenvalue weighted by molar-refractivity contribution is 5.82. The highest BCUT2D eigenvalue weighted by Gasteiger charge is 2.19. The van der Waals surface area contributed by atoms with Crippen molar-refractivity contribution in [2.75, 3.05) is 36.0 Å². The van der Waals surface area contributed by atoms with Crippen molar-refractivity contribution in [3.63, 3.8) is 0 Å². The summed E-state index contributed by atoms with van der Waals surface area (Å²) in [7, 11) is 0. The fourth-order valence-electron chi connectivity index (χ4n) is 4.30. The van der Waals surface area contributed by atoms with E-state index in [2.05, 4.69) is 20.9 Å². The zero-order valence-corrected chi connectivity index (χ0v) is 18.2. The Labute approximate surface area is 186 Å². The molecule has 1 aliphatic rings. The lowest BCUT2D eigenvalue weighted by Gasteiger charge is -2.36. The lowest BCUT2D eigenvalue weighted by atomic mass is 9.99. The first kappa shape index (κ1) is 20.2. The normalized spacial score (nSPS) is 14.2. The zero-order chi connectivity index (χ0) is 22.2. The van der Waals surface area contributed by atoms with Gasteiger partial charge in [0.05, 0.1) is 17.2 Å². The Bertz CT molecular complexity index is 1260. The second kappa shape index (κ2) is 8.11. The first-order valence-corrected chi connectivity index (χ1v) is 10.8. The molecule has 1 fully saturated rings. The number of fused-ring (bicyclic) bond motifs is 1. The Balaban J connectivity index is 1.38. The molecule has 1 N–H and O–H groups in total. The molecule has 0 amide bonds. The fraction of sp³-hybridized carbons (Fsp3) is 0.231. The third kappa shape index (κ3) is 3.84. The van der Waals surface area contributed by atoms with Gasteiger partial charge in [0.15, 0.2) is 0 Å². The zero-order valence-electron chi connectivity index (χ0n) is 18.2. The first-order chi connectivity index (χ1) is 15.5. The van der Waals surface area contributed by atoms with Crippen molar-refractivity contribution in [3.05, 3.63) is 77.7 Å². The van der Waals surface area contributed by atoms with Crippen LogP contribution in [0, 0.1) is 19.7 Å². The van der Waals surface area contributed by atoms with Gasteiger partial charge < -0.3 is 14.9 Å². The van der Waals surface area contributed by atoms with E-state index in [0.717, 1.165) is 71.0 Å². The summed E-state index contributed by atoms with van der Waals surface area (Å²) in [6.07, 6.45) is 1.84. The molecule has 162 valence electrons. The minimum absolute atomic E-state index is 0.212. The van der Waals surface area contributed by atoms with Crippen LogP contribution in [0.3, 0.4) is 0 Å². The van der Waals surface area contributed by atoms with Crippen LogP contribution in [0.25, 0.3) is 22.2 Å². The van der Waals surface area contributed by atoms with E-state index in [1.807, 2.05) is 56.4 Å². The van der Waals surface area contributed by atoms with Crippen LogP contribution in [0.15, 0.2) is 60.8 Å². The maximum absolute atomic E-state index is 13.2. The summed E-state index contributed by atoms with van der Waals surface area (Å²) in [5, 5.41) is 10.1. The summed E-state index contributed by atoms with van der Waals surface area (Å²) in [5.41, 5.74) is 6.58. The van der Waals surface area contributed by atoms with Gasteiger partial charge in [-0.25, -0.2) is 9.37 Å². The maximum Gasteiger partial charge on any atom is 0.147 e. The number of phenolic OH excluding ortho intramolecular Hbond substituents is 1. The van der Waals surface area contributed by atoms with E-state index < -0.39 is 0 Å². The van der Waals surface area contributed by atoms with Crippen LogP contribution >= 0.6 is 0 Å². The van der Waals surface area contributed by atoms with Crippen LogP contribution in [0.2, 0.25) is 0 Å². The number of phenols is 1. The number of halogens is 1. The third-order valence-electron chi connectivity index (χ3n) is 6.15. The summed E-state index contributed by atoms with van der Waals surface area (Å²) >= 11 is 0. The van der Waals surface area contributed by atoms with Crippen molar-refractivity contribution in [2.24, 2.45) is 0 Å². The van der Waals surface area contributed by atoms with Gasteiger partial charge in [0.2, 0.25) is 0 Å². The molecule has 5 nitrogen and oxygen atoms in total. The molecular formula is C26H25FN4O. The van der Waals surface area contributed by atoms with E-state index in [4.69, 9.17) is 4.98 Å². The highest BCUT2D eigenvalue weighted by atomic mass is 19.1. The molecular weight excluding hydrogens is 403 g/mol. The molecule has 32 heavy (non-hydrogen) atoms. The van der Waals surface area contributed by atoms with Gasteiger partial charge in [0.25, 0.3) is 0 Å². The molecule has 4 aromatic rings. The molecule has 0 spiro atoms. The van der Waals surface area contributed by atoms with E-state index >= 15 is 0 Å². The molecule has 0 atom stereocenters. The van der Waals surface area contributed by atoms with Crippen molar-refractivity contribution in [2.45, 2.75) is 13.8 Å². The number of anilines is 2. The molecule has 0 saturated carbocycles. The van der Waals surface area contributed by atoms with Crippen molar-refractivity contribution in [3.8, 4) is 16.9 Å². The summed E-state index contributed by atoms with van der Waals surface area (Å²) in [6, 6.07) is 16.8. The highest BCUT2D eigenvalue weighted by Crippen LogP contribution is 2.31. The van der Waals surface area contributed by atoms with Crippen molar-refractivity contribution >= 4 is 22.5 Å². The van der Waals surface area contributed by atoms with E-state index in [0.29, 0.717) is 5.75 Å². The number of aromatic hydroxyl groups is 1. The van der Waals surface area contributed by atoms with Crippen LogP contribution in [0.1, 0.15) is 11.1 Å². The van der Waals surface area contributed by atoms with Crippen LogP contribution < -0.4 is 9.80 Å². The standard InChI is InChI=1S/C26H25FN4O/c1-17-13-20(14-18(2)26(17)32)19-3-8-23-24(15-19)29-25(16-28-23)31-11-9-30(10-12-31)22-6-4-21(27)5-7-22/h3-8,13-16,32H,9-12H2,1-2H3. The number of benzene rings is 3. The van der Waals surface area contributed by atoms with Crippen LogP contribution in [-0.4, -0.2) is 41.3 Å². The van der Waals surface area contributed by atoms with Gasteiger partial charge in [-0.15, -0.1) is 0 Å². The fourth-order valence-corrected chi connectivity index (χ4v) is 4.30. The summed E-state index contributed by atoms with van der Waals surface area (Å²) in [6.45, 7) is 7.17. The summed E-state index contributed by atoms with van der Waals surface area (Å²) < 4.78 is 13.2. The van der Waals surface area contributed by atoms with Gasteiger partial charge >= 0.3 is 0 Å². The molecule has 0 aliphatic carbocycles. The Hall–Kier alpha value is -3.67. The largest absolute Gasteiger partial charge is 0.507 e. The Morgan fingerprint density at radius 2 is 1.44 bits per heavy atom. The average Bonchev–Trinajstić information content (AvgIpc) is 2.82. The molecule has 0 radical (unpaired) electrons. The number of aryl methyl sites for hydroxylation is 2. The van der Waals surface area contributed by atoms with Crippen molar-refractivity contribution in [1.29, 1.82) is 0 Å². The van der Waals surface area contributed by atoms with Gasteiger partial charge in [-0.05, 0) is 84.6 Å². The summed E-state index contributed by atoms with van der Waals surface area (Å²) in [4.78, 5) is 14.0. The topological polar surface area (TPSA) is 52.5 Å². The second-order valence-electron chi connectivity index (χ2n) is 8.34. The van der Waals surface area contributed by atoms with E-state index in [1.54, 1.807) is 0 Å². The van der Waals surface area contributed by atoms with Crippen molar-refractivity contribution < 1.29 is 9.50 Å². The quantitative estimate of drug-likeness (QED) is 0.493. The third-order valence-corrected chi connectivity index (χ3v) is 6.15. The van der Waals surface area contributed by atoms with Crippen LogP contribution in [0.5, 0.6) is 5.75 Å². The van der Waals surface area contributed by atoms with Crippen LogP contribution in [0.4, 0.5) is 15.9 Å². The molecule has 1 aromatic heterocycles. The van der Waals surface area contributed by atoms with Gasteiger partial charge in [-0.3, -0.25) is 4.98 Å². The molecule has 1 saturated heterocycles. The Morgan fingerprint density at radius 3 is 2.12 bits per heavy atom. The first-order valence-electron chi connectivity index (χ1n) is 10.8. The number of hydrogen-bond acceptors (Lipinski definition) is 5. The SMILES string of the molecule is Cc1cc(-c2ccc3ncc(N4CCN(c5ccc(F)cc5)CC4)nc3c2)cc(C)c1O. The van der Waals surface area contributed by atoms with Crippen molar-refractivity contribution in [1.82, 2.24) is 9.97 Å². The number of rotatable bonds is 3. The Morgan fingerprint density at radius 1 is 0.781 bits per heavy atom. The summed E-state index contributed by atoms with van der Waals surface area (Å²) in [5.74, 6) is 0.999. The maximum atomic E-state index is 13.2. The minimum Gasteiger partial charge on any atom is -0.507 e. The van der Waals surface area contributed by atoms with Gasteiger partial charge in [0, 0.05) is 31.9 Å². The molecule has 0 unspecified atom stereocenters. The smallest absolute Gasteiger partial charge is 0.147 e. The molecule has 5 rings (SSSR count). The molecule has 0 bridgehead atoms. The van der Waals surface area contributed by atoms with Gasteiger partial charge in [-0.1, -0.05) is 6.07 Å². The monoisotopic (exact) mass is 428 g/mol. The molecule has 6 heteroatoms. The second-order valence-corrected chi connectivity index (χ2v) is 8.34. The number of aromatic nitrogens is 2. The average molecular weight is 429 g/mol. The lowest BCUT2D eigenvalue weighted by Crippen LogP contribution is -2.46.